The highest BCUT2D eigenvalue weighted by molar-refractivity contribution is 6.30. The fourth-order valence-electron chi connectivity index (χ4n) is 2.13. The van der Waals surface area contributed by atoms with E-state index in [1.807, 2.05) is 30.3 Å². The Balaban J connectivity index is 2.11. The lowest BCUT2D eigenvalue weighted by molar-refractivity contribution is -0.570. The molecule has 0 radical (unpaired) electrons. The summed E-state index contributed by atoms with van der Waals surface area (Å²) in [7, 11) is 0. The molecule has 112 valence electrons. The summed E-state index contributed by atoms with van der Waals surface area (Å²) < 4.78 is 7.19. The molecule has 1 heterocycles. The minimum Gasteiger partial charge on any atom is -0.503 e. The molecule has 3 rings (SSSR count). The van der Waals surface area contributed by atoms with Gasteiger partial charge in [0.2, 0.25) is 0 Å². The normalized spacial score (nSPS) is 17.7. The van der Waals surface area contributed by atoms with E-state index in [0.717, 1.165) is 3.57 Å². The van der Waals surface area contributed by atoms with Crippen LogP contribution in [-0.2, 0) is 4.79 Å². The van der Waals surface area contributed by atoms with Gasteiger partial charge in [-0.2, -0.15) is 0 Å². The number of aliphatic hydroxyl groups is 1. The van der Waals surface area contributed by atoms with Crippen molar-refractivity contribution in [3.63, 3.8) is 0 Å². The van der Waals surface area contributed by atoms with E-state index in [4.69, 9.17) is 16.3 Å². The molecule has 0 fully saturated rings. The van der Waals surface area contributed by atoms with E-state index in [-0.39, 0.29) is 11.5 Å². The van der Waals surface area contributed by atoms with E-state index in [9.17, 15) is 9.90 Å². The maximum Gasteiger partial charge on any atom is 0.366 e. The first-order chi connectivity index (χ1) is 10.6. The first-order valence-corrected chi connectivity index (χ1v) is 9.23. The van der Waals surface area contributed by atoms with E-state index >= 15 is 0 Å². The Labute approximate surface area is 143 Å². The maximum atomic E-state index is 12.6. The number of fused-ring (bicyclic) bond motifs is 1. The smallest absolute Gasteiger partial charge is 0.366 e. The number of hydrogen-bond acceptors (Lipinski definition) is 3. The summed E-state index contributed by atoms with van der Waals surface area (Å²) in [5.41, 5.74) is 0.482. The molecule has 1 atom stereocenters. The standard InChI is InChI=1S/C17H12ClIO3/c1-10-16(20)15(19-12-5-3-2-4-6-12)17(21)13-9-11(18)7-8-14(13)22-10/h2-10H,1H3/p+1. The van der Waals surface area contributed by atoms with Gasteiger partial charge in [0, 0.05) is 5.02 Å². The third kappa shape index (κ3) is 2.98. The molecule has 0 amide bonds. The number of carbonyl (C=O) groups excluding carboxylic acids is 1. The van der Waals surface area contributed by atoms with Crippen molar-refractivity contribution in [1.29, 1.82) is 0 Å². The molecule has 3 nitrogen and oxygen atoms in total. The van der Waals surface area contributed by atoms with Crippen molar-refractivity contribution in [3.05, 3.63) is 66.3 Å². The van der Waals surface area contributed by atoms with Gasteiger partial charge >= 0.3 is 21.2 Å². The Kier molecular flexibility index (Phi) is 4.40. The molecule has 0 saturated heterocycles. The van der Waals surface area contributed by atoms with Crippen molar-refractivity contribution < 1.29 is 35.8 Å². The molecule has 1 aliphatic rings. The van der Waals surface area contributed by atoms with E-state index in [0.29, 0.717) is 19.9 Å². The van der Waals surface area contributed by atoms with Crippen molar-refractivity contribution in [3.8, 4) is 5.75 Å². The zero-order valence-electron chi connectivity index (χ0n) is 11.7. The lowest BCUT2D eigenvalue weighted by Gasteiger charge is -2.11. The molecule has 2 aromatic carbocycles. The molecule has 0 bridgehead atoms. The highest BCUT2D eigenvalue weighted by Crippen LogP contribution is 2.31. The molecule has 0 aliphatic carbocycles. The van der Waals surface area contributed by atoms with Crippen molar-refractivity contribution >= 4 is 23.1 Å². The fraction of sp³-hybridized carbons (Fsp3) is 0.118. The lowest BCUT2D eigenvalue weighted by Crippen LogP contribution is -3.61. The van der Waals surface area contributed by atoms with Gasteiger partial charge in [0.25, 0.3) is 9.36 Å². The van der Waals surface area contributed by atoms with Gasteiger partial charge < -0.3 is 9.84 Å². The third-order valence-electron chi connectivity index (χ3n) is 3.23. The summed E-state index contributed by atoms with van der Waals surface area (Å²) in [6, 6.07) is 14.7. The highest BCUT2D eigenvalue weighted by Gasteiger charge is 2.39. The molecule has 1 aliphatic heterocycles. The lowest BCUT2D eigenvalue weighted by atomic mass is 10.1. The minimum atomic E-state index is -0.799. The molecule has 0 saturated carbocycles. The predicted molar refractivity (Wildman–Crippen MR) is 81.2 cm³/mol. The largest absolute Gasteiger partial charge is 0.503 e. The molecular weight excluding hydrogens is 415 g/mol. The average molecular weight is 428 g/mol. The number of ketones is 1. The van der Waals surface area contributed by atoms with Crippen LogP contribution in [0.2, 0.25) is 5.02 Å². The van der Waals surface area contributed by atoms with Crippen LogP contribution in [0.4, 0.5) is 0 Å². The number of carbonyl (C=O) groups is 1. The van der Waals surface area contributed by atoms with Crippen LogP contribution in [0.25, 0.3) is 5.76 Å². The topological polar surface area (TPSA) is 46.5 Å². The van der Waals surface area contributed by atoms with E-state index in [1.54, 1.807) is 25.1 Å². The quantitative estimate of drug-likeness (QED) is 0.724. The van der Waals surface area contributed by atoms with Crippen LogP contribution >= 0.6 is 11.6 Å². The molecule has 1 N–H and O–H groups in total. The van der Waals surface area contributed by atoms with Crippen LogP contribution in [-0.4, -0.2) is 17.0 Å². The summed E-state index contributed by atoms with van der Waals surface area (Å²) in [4.78, 5) is 12.6. The second-order valence-corrected chi connectivity index (χ2v) is 8.12. The Hall–Kier alpha value is -1.53. The number of aliphatic hydroxyl groups excluding tert-OH is 1. The monoisotopic (exact) mass is 427 g/mol. The van der Waals surface area contributed by atoms with Gasteiger partial charge in [-0.1, -0.05) is 29.8 Å². The van der Waals surface area contributed by atoms with Crippen molar-refractivity contribution in [1.82, 2.24) is 0 Å². The summed E-state index contributed by atoms with van der Waals surface area (Å²) in [5.74, 6) is 0.305. The van der Waals surface area contributed by atoms with Gasteiger partial charge in [0.1, 0.15) is 5.75 Å². The van der Waals surface area contributed by atoms with Crippen molar-refractivity contribution in [2.24, 2.45) is 0 Å². The Morgan fingerprint density at radius 2 is 1.91 bits per heavy atom. The summed E-state index contributed by atoms with van der Waals surface area (Å²) in [5, 5.41) is 11.1. The summed E-state index contributed by atoms with van der Waals surface area (Å²) in [6.07, 6.45) is -0.622. The minimum absolute atomic E-state index is 0.0106. The van der Waals surface area contributed by atoms with Crippen LogP contribution in [0.5, 0.6) is 5.75 Å². The van der Waals surface area contributed by atoms with Crippen molar-refractivity contribution in [2.45, 2.75) is 13.0 Å². The SMILES string of the molecule is CC1Oc2ccc(Cl)cc2C(O)=C([I+]c2ccccc2)C1=O. The average Bonchev–Trinajstić information content (AvgIpc) is 2.60. The second kappa shape index (κ2) is 6.30. The molecule has 0 spiro atoms. The zero-order valence-corrected chi connectivity index (χ0v) is 14.6. The van der Waals surface area contributed by atoms with Gasteiger partial charge in [0.05, 0.1) is 5.56 Å². The predicted octanol–water partition coefficient (Wildman–Crippen LogP) is 0.875. The van der Waals surface area contributed by atoms with Crippen LogP contribution in [0, 0.1) is 3.57 Å². The first-order valence-electron chi connectivity index (χ1n) is 6.70. The zero-order chi connectivity index (χ0) is 15.7. The number of rotatable bonds is 2. The highest BCUT2D eigenvalue weighted by atomic mass is 127. The third-order valence-corrected chi connectivity index (χ3v) is 6.39. The second-order valence-electron chi connectivity index (χ2n) is 4.82. The fourth-order valence-corrected chi connectivity index (χ4v) is 4.95. The van der Waals surface area contributed by atoms with Gasteiger partial charge in [0.15, 0.2) is 15.4 Å². The van der Waals surface area contributed by atoms with Crippen LogP contribution in [0.1, 0.15) is 12.5 Å². The molecule has 0 aromatic heterocycles. The molecule has 2 aromatic rings. The number of benzene rings is 2. The molecule has 1 unspecified atom stereocenters. The van der Waals surface area contributed by atoms with E-state index < -0.39 is 27.3 Å². The maximum absolute atomic E-state index is 12.6. The van der Waals surface area contributed by atoms with Crippen LogP contribution in [0.3, 0.4) is 0 Å². The van der Waals surface area contributed by atoms with Gasteiger partial charge in [-0.3, -0.25) is 4.79 Å². The van der Waals surface area contributed by atoms with Gasteiger partial charge in [-0.15, -0.1) is 0 Å². The number of halogens is 2. The van der Waals surface area contributed by atoms with Crippen LogP contribution in [0.15, 0.2) is 52.1 Å². The molecular formula is C17H13ClIO3+. The van der Waals surface area contributed by atoms with Gasteiger partial charge in [-0.05, 0) is 37.3 Å². The number of ether oxygens (including phenoxy) is 1. The number of Topliss-reactive ketones (excluding diaryl/α,β-unsaturated/α-hetero) is 1. The number of hydrogen-bond donors (Lipinski definition) is 1. The summed E-state index contributed by atoms with van der Waals surface area (Å²) in [6.45, 7) is 1.70. The Morgan fingerprint density at radius 3 is 2.64 bits per heavy atom. The van der Waals surface area contributed by atoms with Crippen LogP contribution < -0.4 is 25.9 Å². The Bertz CT molecular complexity index is 756. The van der Waals surface area contributed by atoms with E-state index in [2.05, 4.69) is 0 Å². The van der Waals surface area contributed by atoms with E-state index in [1.165, 1.54) is 0 Å². The Morgan fingerprint density at radius 1 is 1.18 bits per heavy atom. The van der Waals surface area contributed by atoms with Crippen molar-refractivity contribution in [2.75, 3.05) is 0 Å². The molecule has 22 heavy (non-hydrogen) atoms. The first kappa shape index (κ1) is 15.4. The van der Waals surface area contributed by atoms with Gasteiger partial charge in [-0.25, -0.2) is 0 Å². The summed E-state index contributed by atoms with van der Waals surface area (Å²) >= 11 is 5.21. The molecule has 5 heteroatoms.